The van der Waals surface area contributed by atoms with Crippen LogP contribution in [0.4, 0.5) is 14.7 Å². The van der Waals surface area contributed by atoms with E-state index < -0.39 is 23.1 Å². The lowest BCUT2D eigenvalue weighted by Gasteiger charge is -2.07. The van der Waals surface area contributed by atoms with Crippen molar-refractivity contribution in [2.45, 2.75) is 0 Å². The summed E-state index contributed by atoms with van der Waals surface area (Å²) in [5, 5.41) is 0. The third-order valence-electron chi connectivity index (χ3n) is 2.04. The summed E-state index contributed by atoms with van der Waals surface area (Å²) in [5.74, 6) is -2.72. The van der Waals surface area contributed by atoms with Crippen molar-refractivity contribution in [3.05, 3.63) is 53.9 Å². The minimum atomic E-state index is -0.946. The lowest BCUT2D eigenvalue weighted by atomic mass is 10.2. The van der Waals surface area contributed by atoms with Gasteiger partial charge in [0.1, 0.15) is 17.2 Å². The Labute approximate surface area is 101 Å². The number of hydrazine groups is 1. The molecule has 0 fully saturated rings. The van der Waals surface area contributed by atoms with E-state index in [1.165, 1.54) is 18.5 Å². The minimum absolute atomic E-state index is 0.114. The van der Waals surface area contributed by atoms with Gasteiger partial charge in [0.05, 0.1) is 0 Å². The molecule has 1 amide bonds. The number of halogens is 2. The maximum atomic E-state index is 13.3. The summed E-state index contributed by atoms with van der Waals surface area (Å²) >= 11 is 0. The Morgan fingerprint density at radius 2 is 1.67 bits per heavy atom. The number of hydrogen-bond donors (Lipinski definition) is 2. The van der Waals surface area contributed by atoms with Crippen LogP contribution in [0, 0.1) is 11.6 Å². The van der Waals surface area contributed by atoms with Crippen LogP contribution in [0.3, 0.4) is 0 Å². The quantitative estimate of drug-likeness (QED) is 0.810. The highest BCUT2D eigenvalue weighted by molar-refractivity contribution is 5.95. The number of carbonyl (C=O) groups excluding carboxylic acids is 1. The summed E-state index contributed by atoms with van der Waals surface area (Å²) in [6, 6.07) is 4.76. The van der Waals surface area contributed by atoms with Crippen molar-refractivity contribution < 1.29 is 13.6 Å². The predicted molar refractivity (Wildman–Crippen MR) is 59.5 cm³/mol. The molecule has 2 rings (SSSR count). The topological polar surface area (TPSA) is 66.9 Å². The summed E-state index contributed by atoms with van der Waals surface area (Å²) in [6.45, 7) is 0. The normalized spacial score (nSPS) is 9.89. The standard InChI is InChI=1S/C11H8F2N4O/c12-7-3-1-4-8(13)9(7)10(18)16-17-11-14-5-2-6-15-11/h1-6H,(H,16,18)(H,14,15,17). The summed E-state index contributed by atoms with van der Waals surface area (Å²) in [4.78, 5) is 19.1. The molecule has 92 valence electrons. The van der Waals surface area contributed by atoms with E-state index in [0.29, 0.717) is 0 Å². The molecule has 0 radical (unpaired) electrons. The van der Waals surface area contributed by atoms with Crippen LogP contribution in [-0.4, -0.2) is 15.9 Å². The molecular weight excluding hydrogens is 242 g/mol. The molecule has 2 aromatic rings. The van der Waals surface area contributed by atoms with Gasteiger partial charge < -0.3 is 0 Å². The molecule has 0 atom stereocenters. The molecule has 0 bridgehead atoms. The SMILES string of the molecule is O=C(NNc1ncccn1)c1c(F)cccc1F. The molecule has 1 aromatic carbocycles. The fourth-order valence-electron chi connectivity index (χ4n) is 1.25. The van der Waals surface area contributed by atoms with Gasteiger partial charge in [-0.05, 0) is 18.2 Å². The maximum absolute atomic E-state index is 13.3. The lowest BCUT2D eigenvalue weighted by molar-refractivity contribution is 0.0954. The first kappa shape index (κ1) is 11.9. The van der Waals surface area contributed by atoms with Gasteiger partial charge in [-0.3, -0.25) is 15.6 Å². The van der Waals surface area contributed by atoms with Crippen LogP contribution < -0.4 is 10.9 Å². The third-order valence-corrected chi connectivity index (χ3v) is 2.04. The first-order valence-electron chi connectivity index (χ1n) is 4.96. The molecule has 0 spiro atoms. The van der Waals surface area contributed by atoms with Gasteiger partial charge in [0.2, 0.25) is 5.95 Å². The van der Waals surface area contributed by atoms with E-state index in [0.717, 1.165) is 12.1 Å². The van der Waals surface area contributed by atoms with Crippen LogP contribution in [0.5, 0.6) is 0 Å². The Morgan fingerprint density at radius 3 is 2.28 bits per heavy atom. The third kappa shape index (κ3) is 2.57. The highest BCUT2D eigenvalue weighted by Gasteiger charge is 2.16. The number of anilines is 1. The van der Waals surface area contributed by atoms with Crippen LogP contribution >= 0.6 is 0 Å². The number of carbonyl (C=O) groups is 1. The van der Waals surface area contributed by atoms with E-state index in [1.807, 2.05) is 0 Å². The zero-order valence-electron chi connectivity index (χ0n) is 9.02. The lowest BCUT2D eigenvalue weighted by Crippen LogP contribution is -2.31. The fourth-order valence-corrected chi connectivity index (χ4v) is 1.25. The molecule has 1 heterocycles. The second-order valence-corrected chi connectivity index (χ2v) is 3.25. The second-order valence-electron chi connectivity index (χ2n) is 3.25. The summed E-state index contributed by atoms with van der Waals surface area (Å²) < 4.78 is 26.5. The van der Waals surface area contributed by atoms with E-state index in [1.54, 1.807) is 6.07 Å². The van der Waals surface area contributed by atoms with Crippen molar-refractivity contribution in [1.82, 2.24) is 15.4 Å². The summed E-state index contributed by atoms with van der Waals surface area (Å²) in [7, 11) is 0. The summed E-state index contributed by atoms with van der Waals surface area (Å²) in [5.41, 5.74) is 3.78. The Bertz CT molecular complexity index is 542. The van der Waals surface area contributed by atoms with Crippen LogP contribution in [0.15, 0.2) is 36.7 Å². The van der Waals surface area contributed by atoms with Crippen molar-refractivity contribution in [1.29, 1.82) is 0 Å². The van der Waals surface area contributed by atoms with Crippen molar-refractivity contribution >= 4 is 11.9 Å². The number of aromatic nitrogens is 2. The van der Waals surface area contributed by atoms with Gasteiger partial charge in [0.15, 0.2) is 0 Å². The number of amides is 1. The highest BCUT2D eigenvalue weighted by Crippen LogP contribution is 2.11. The average molecular weight is 250 g/mol. The maximum Gasteiger partial charge on any atom is 0.275 e. The van der Waals surface area contributed by atoms with E-state index in [9.17, 15) is 13.6 Å². The van der Waals surface area contributed by atoms with Crippen LogP contribution in [-0.2, 0) is 0 Å². The number of nitrogens with one attached hydrogen (secondary N) is 2. The number of benzene rings is 1. The smallest absolute Gasteiger partial charge is 0.267 e. The molecule has 0 saturated heterocycles. The van der Waals surface area contributed by atoms with Crippen molar-refractivity contribution in [3.63, 3.8) is 0 Å². The Kier molecular flexibility index (Phi) is 3.42. The van der Waals surface area contributed by atoms with Gasteiger partial charge in [-0.1, -0.05) is 6.07 Å². The first-order chi connectivity index (χ1) is 8.68. The Balaban J connectivity index is 2.09. The number of rotatable bonds is 3. The van der Waals surface area contributed by atoms with E-state index in [-0.39, 0.29) is 5.95 Å². The van der Waals surface area contributed by atoms with Gasteiger partial charge in [0.25, 0.3) is 5.91 Å². The van der Waals surface area contributed by atoms with E-state index in [4.69, 9.17) is 0 Å². The molecule has 18 heavy (non-hydrogen) atoms. The van der Waals surface area contributed by atoms with Crippen LogP contribution in [0.2, 0.25) is 0 Å². The van der Waals surface area contributed by atoms with Crippen molar-refractivity contribution in [3.8, 4) is 0 Å². The highest BCUT2D eigenvalue weighted by atomic mass is 19.1. The van der Waals surface area contributed by atoms with E-state index in [2.05, 4.69) is 20.8 Å². The largest absolute Gasteiger partial charge is 0.275 e. The second kappa shape index (κ2) is 5.17. The zero-order valence-corrected chi connectivity index (χ0v) is 9.02. The molecule has 0 aliphatic carbocycles. The zero-order chi connectivity index (χ0) is 13.0. The Hall–Kier alpha value is -2.57. The molecular formula is C11H8F2N4O. The molecule has 0 unspecified atom stereocenters. The van der Waals surface area contributed by atoms with Gasteiger partial charge >= 0.3 is 0 Å². The van der Waals surface area contributed by atoms with Crippen molar-refractivity contribution in [2.75, 3.05) is 5.43 Å². The van der Waals surface area contributed by atoms with Crippen molar-refractivity contribution in [2.24, 2.45) is 0 Å². The Morgan fingerprint density at radius 1 is 1.06 bits per heavy atom. The predicted octanol–water partition coefficient (Wildman–Crippen LogP) is 1.51. The van der Waals surface area contributed by atoms with Gasteiger partial charge in [-0.15, -0.1) is 0 Å². The van der Waals surface area contributed by atoms with Gasteiger partial charge in [-0.25, -0.2) is 18.7 Å². The van der Waals surface area contributed by atoms with Crippen LogP contribution in [0.25, 0.3) is 0 Å². The molecule has 1 aromatic heterocycles. The fraction of sp³-hybridized carbons (Fsp3) is 0. The molecule has 2 N–H and O–H groups in total. The average Bonchev–Trinajstić information content (AvgIpc) is 2.37. The number of nitrogens with zero attached hydrogens (tertiary/aromatic N) is 2. The molecule has 0 saturated carbocycles. The first-order valence-corrected chi connectivity index (χ1v) is 4.96. The van der Waals surface area contributed by atoms with Gasteiger partial charge in [0, 0.05) is 12.4 Å². The van der Waals surface area contributed by atoms with Crippen LogP contribution in [0.1, 0.15) is 10.4 Å². The molecule has 7 heteroatoms. The van der Waals surface area contributed by atoms with Gasteiger partial charge in [-0.2, -0.15) is 0 Å². The minimum Gasteiger partial charge on any atom is -0.267 e. The monoisotopic (exact) mass is 250 g/mol. The molecule has 5 nitrogen and oxygen atoms in total. The summed E-state index contributed by atoms with van der Waals surface area (Å²) in [6.07, 6.45) is 2.90. The molecule has 0 aliphatic heterocycles. The molecule has 0 aliphatic rings. The van der Waals surface area contributed by atoms with E-state index >= 15 is 0 Å². The number of hydrogen-bond acceptors (Lipinski definition) is 4.